The first-order chi connectivity index (χ1) is 21.1. The summed E-state index contributed by atoms with van der Waals surface area (Å²) in [6.45, 7) is 13.0. The van der Waals surface area contributed by atoms with E-state index in [0.717, 1.165) is 6.42 Å². The number of ether oxygens (including phenoxy) is 2. The van der Waals surface area contributed by atoms with Gasteiger partial charge in [-0.1, -0.05) is 32.2 Å². The molecule has 3 aliphatic rings. The lowest BCUT2D eigenvalue weighted by molar-refractivity contribution is -0.696. The van der Waals surface area contributed by atoms with Gasteiger partial charge in [-0.05, 0) is 13.3 Å². The van der Waals surface area contributed by atoms with Crippen molar-refractivity contribution in [2.24, 2.45) is 11.8 Å². The van der Waals surface area contributed by atoms with E-state index < -0.39 is 30.2 Å². The summed E-state index contributed by atoms with van der Waals surface area (Å²) in [5.41, 5.74) is -0.0145. The number of aliphatic hydroxyl groups excluding tert-OH is 1. The third-order valence-electron chi connectivity index (χ3n) is 8.20. The molecule has 3 aliphatic heterocycles. The minimum atomic E-state index is -1.17. The van der Waals surface area contributed by atoms with Crippen LogP contribution in [0.1, 0.15) is 33.1 Å². The van der Waals surface area contributed by atoms with Gasteiger partial charge in [0.25, 0.3) is 0 Å². The number of amides is 3. The molecule has 0 aromatic carbocycles. The van der Waals surface area contributed by atoms with Gasteiger partial charge in [0.1, 0.15) is 31.3 Å². The number of carbonyl (C=O) groups excluding carboxylic acids is 3. The number of thioether (sulfide) groups is 1. The van der Waals surface area contributed by atoms with Crippen molar-refractivity contribution in [1.29, 1.82) is 0 Å². The number of carboxylic acid groups (broad SMARTS) is 1. The van der Waals surface area contributed by atoms with Crippen molar-refractivity contribution in [1.82, 2.24) is 19.7 Å². The molecule has 44 heavy (non-hydrogen) atoms. The second kappa shape index (κ2) is 14.8. The largest absolute Gasteiger partial charge is 0.477 e. The first-order valence-electron chi connectivity index (χ1n) is 14.8. The number of β-lactam (4-membered cyclic amide) rings is 1. The second-order valence-corrected chi connectivity index (χ2v) is 12.6. The fourth-order valence-electron chi connectivity index (χ4n) is 6.17. The van der Waals surface area contributed by atoms with Gasteiger partial charge >= 0.3 is 18.2 Å². The van der Waals surface area contributed by atoms with Gasteiger partial charge < -0.3 is 34.8 Å². The fraction of sp³-hybridized carbons (Fsp3) is 0.567. The van der Waals surface area contributed by atoms with Crippen molar-refractivity contribution in [2.45, 2.75) is 69.6 Å². The van der Waals surface area contributed by atoms with Crippen LogP contribution in [-0.4, -0.2) is 98.4 Å². The zero-order valence-corrected chi connectivity index (χ0v) is 26.0. The molecule has 0 radical (unpaired) electrons. The van der Waals surface area contributed by atoms with E-state index in [1.807, 2.05) is 34.8 Å². The van der Waals surface area contributed by atoms with E-state index in [-0.39, 0.29) is 48.1 Å². The van der Waals surface area contributed by atoms with Gasteiger partial charge in [0.05, 0.1) is 31.2 Å². The first-order valence-corrected chi connectivity index (χ1v) is 15.7. The molecule has 3 amide bonds. The molecule has 3 N–H and O–H groups in total. The van der Waals surface area contributed by atoms with Gasteiger partial charge in [0.2, 0.25) is 12.2 Å². The summed E-state index contributed by atoms with van der Waals surface area (Å²) in [7, 11) is 0. The van der Waals surface area contributed by atoms with Crippen molar-refractivity contribution in [3.8, 4) is 0 Å². The number of aryl methyl sites for hydroxylation is 2. The molecule has 2 saturated heterocycles. The van der Waals surface area contributed by atoms with Crippen LogP contribution in [0, 0.1) is 11.8 Å². The molecule has 4 rings (SSSR count). The van der Waals surface area contributed by atoms with Crippen LogP contribution in [-0.2, 0) is 32.2 Å². The Bertz CT molecular complexity index is 1300. The number of aliphatic hydroxyl groups is 1. The van der Waals surface area contributed by atoms with Crippen molar-refractivity contribution < 1.29 is 43.4 Å². The van der Waals surface area contributed by atoms with Gasteiger partial charge in [0.15, 0.2) is 0 Å². The number of hydrogen-bond donors (Lipinski definition) is 3. The number of alkyl carbamates (subject to hydrolysis) is 1. The lowest BCUT2D eigenvalue weighted by Crippen LogP contribution is -2.63. The standard InChI is InChI=1S/C30H41N5O8S/c1-5-14-42-29(40)31-9-7-10-32-12-13-33(18-32)11-8-21-16-22(17-34(21)30(41)43-15-6-2)44-26-19(3)24-23(20(4)36)27(37)35(24)25(26)28(38)39/h5-6,12-13,18-24,36H,1-2,7-11,14-17H2,3-4H3,(H-,31,38,39,40)/p+1/t19-,20-,21-,22+,23-,24-/m1/s1. The quantitative estimate of drug-likeness (QED) is 0.114. The Hall–Kier alpha value is -3.78. The lowest BCUT2D eigenvalue weighted by atomic mass is 9.79. The van der Waals surface area contributed by atoms with Crippen molar-refractivity contribution in [2.75, 3.05) is 26.3 Å². The number of carbonyl (C=O) groups is 4. The van der Waals surface area contributed by atoms with Crippen LogP contribution in [0.3, 0.4) is 0 Å². The van der Waals surface area contributed by atoms with Crippen LogP contribution in [0.2, 0.25) is 0 Å². The number of nitrogens with one attached hydrogen (secondary N) is 1. The van der Waals surface area contributed by atoms with Crippen LogP contribution in [0.5, 0.6) is 0 Å². The number of fused-ring (bicyclic) bond motifs is 1. The average molecular weight is 633 g/mol. The third kappa shape index (κ3) is 7.29. The zero-order valence-electron chi connectivity index (χ0n) is 25.2. The Kier molecular flexibility index (Phi) is 11.1. The number of hydrogen-bond acceptors (Lipinski definition) is 8. The molecule has 1 aromatic heterocycles. The molecule has 0 bridgehead atoms. The maximum Gasteiger partial charge on any atom is 0.410 e. The van der Waals surface area contributed by atoms with Crippen molar-refractivity contribution in [3.05, 3.63) is 54.6 Å². The summed E-state index contributed by atoms with van der Waals surface area (Å²) >= 11 is 1.41. The maximum absolute atomic E-state index is 13.0. The van der Waals surface area contributed by atoms with Crippen molar-refractivity contribution >= 4 is 35.8 Å². The predicted molar refractivity (Wildman–Crippen MR) is 161 cm³/mol. The highest BCUT2D eigenvalue weighted by Gasteiger charge is 2.60. The fourth-order valence-corrected chi connectivity index (χ4v) is 7.73. The van der Waals surface area contributed by atoms with E-state index in [4.69, 9.17) is 9.47 Å². The average Bonchev–Trinajstić information content (AvgIpc) is 3.67. The Balaban J connectivity index is 1.37. The normalized spacial score (nSPS) is 24.9. The highest BCUT2D eigenvalue weighted by Crippen LogP contribution is 2.52. The number of nitrogens with zero attached hydrogens (tertiary/aromatic N) is 4. The van der Waals surface area contributed by atoms with E-state index in [2.05, 4.69) is 18.5 Å². The predicted octanol–water partition coefficient (Wildman–Crippen LogP) is 2.12. The van der Waals surface area contributed by atoms with Gasteiger partial charge in [0, 0.05) is 48.0 Å². The second-order valence-electron chi connectivity index (χ2n) is 11.3. The number of rotatable bonds is 15. The molecule has 14 heteroatoms. The summed E-state index contributed by atoms with van der Waals surface area (Å²) in [4.78, 5) is 53.1. The van der Waals surface area contributed by atoms with E-state index in [9.17, 15) is 29.4 Å². The number of aromatic nitrogens is 2. The van der Waals surface area contributed by atoms with Crippen LogP contribution in [0.15, 0.2) is 54.6 Å². The summed E-state index contributed by atoms with van der Waals surface area (Å²) in [6, 6.07) is -0.523. The molecule has 240 valence electrons. The van der Waals surface area contributed by atoms with E-state index in [1.54, 1.807) is 11.8 Å². The van der Waals surface area contributed by atoms with Gasteiger partial charge in [-0.15, -0.1) is 11.8 Å². The Morgan fingerprint density at radius 1 is 1.25 bits per heavy atom. The molecule has 13 nitrogen and oxygen atoms in total. The monoisotopic (exact) mass is 632 g/mol. The Morgan fingerprint density at radius 2 is 1.98 bits per heavy atom. The van der Waals surface area contributed by atoms with Gasteiger partial charge in [-0.3, -0.25) is 4.79 Å². The minimum absolute atomic E-state index is 0.0145. The number of imidazole rings is 1. The van der Waals surface area contributed by atoms with Crippen LogP contribution in [0.4, 0.5) is 9.59 Å². The van der Waals surface area contributed by atoms with Gasteiger partial charge in [-0.2, -0.15) is 0 Å². The molecule has 1 aromatic rings. The SMILES string of the molecule is C=CCOC(=O)NCCC[n+]1ccn(CC[C@@H]2C[C@H](SC3=C(C(=O)O)N4C(=O)[C@H]([C@@H](C)O)[C@H]4[C@H]3C)CN2C(=O)OCC=C)c1. The molecule has 0 saturated carbocycles. The number of aliphatic carboxylic acids is 1. The van der Waals surface area contributed by atoms with Crippen LogP contribution in [0.25, 0.3) is 0 Å². The lowest BCUT2D eigenvalue weighted by Gasteiger charge is -2.46. The van der Waals surface area contributed by atoms with Gasteiger partial charge in [-0.25, -0.2) is 23.5 Å². The number of carboxylic acids is 1. The highest BCUT2D eigenvalue weighted by molar-refractivity contribution is 8.03. The molecular weight excluding hydrogens is 590 g/mol. The van der Waals surface area contributed by atoms with E-state index in [0.29, 0.717) is 43.9 Å². The Labute approximate surface area is 261 Å². The smallest absolute Gasteiger partial charge is 0.410 e. The summed E-state index contributed by atoms with van der Waals surface area (Å²) < 4.78 is 14.3. The van der Waals surface area contributed by atoms with E-state index in [1.165, 1.54) is 28.8 Å². The topological polar surface area (TPSA) is 155 Å². The van der Waals surface area contributed by atoms with Crippen molar-refractivity contribution in [3.63, 3.8) is 0 Å². The summed E-state index contributed by atoms with van der Waals surface area (Å²) in [5.74, 6) is -2.40. The minimum Gasteiger partial charge on any atom is -0.477 e. The maximum atomic E-state index is 13.0. The zero-order chi connectivity index (χ0) is 32.0. The molecule has 0 aliphatic carbocycles. The highest BCUT2D eigenvalue weighted by atomic mass is 32.2. The molecule has 2 fully saturated rings. The number of likely N-dealkylation sites (tertiary alicyclic amines) is 1. The molecule has 6 atom stereocenters. The molecule has 0 unspecified atom stereocenters. The van der Waals surface area contributed by atoms with Crippen LogP contribution < -0.4 is 9.88 Å². The molecule has 0 spiro atoms. The van der Waals surface area contributed by atoms with Crippen LogP contribution >= 0.6 is 11.8 Å². The molecule has 4 heterocycles. The summed E-state index contributed by atoms with van der Waals surface area (Å²) in [5, 5.41) is 22.8. The third-order valence-corrected chi connectivity index (χ3v) is 9.70. The first kappa shape index (κ1) is 33.1. The van der Waals surface area contributed by atoms with E-state index >= 15 is 0 Å². The summed E-state index contributed by atoms with van der Waals surface area (Å²) in [6.07, 6.45) is 9.12. The Morgan fingerprint density at radius 3 is 2.66 bits per heavy atom. The molecular formula is C30H42N5O8S+.